The number of hydrogen-bond donors (Lipinski definition) is 1. The van der Waals surface area contributed by atoms with Gasteiger partial charge in [-0.3, -0.25) is 0 Å². The summed E-state index contributed by atoms with van der Waals surface area (Å²) in [6.07, 6.45) is 0.647. The van der Waals surface area contributed by atoms with E-state index < -0.39 is 0 Å². The van der Waals surface area contributed by atoms with Gasteiger partial charge in [0.15, 0.2) is 11.6 Å². The summed E-state index contributed by atoms with van der Waals surface area (Å²) in [6.45, 7) is 0.810. The number of pyridine rings is 1. The molecule has 0 aliphatic carbocycles. The maximum Gasteiger partial charge on any atom is 0.170 e. The zero-order valence-corrected chi connectivity index (χ0v) is 12.8. The summed E-state index contributed by atoms with van der Waals surface area (Å²) < 4.78 is 20.3. The van der Waals surface area contributed by atoms with E-state index in [2.05, 4.69) is 26.2 Å². The molecule has 0 bridgehead atoms. The lowest BCUT2D eigenvalue weighted by atomic mass is 10.0. The van der Waals surface area contributed by atoms with Crippen molar-refractivity contribution >= 4 is 33.3 Å². The summed E-state index contributed by atoms with van der Waals surface area (Å²) >= 11 is 9.30. The Morgan fingerprint density at radius 2 is 2.25 bits per heavy atom. The molecular weight excluding hydrogens is 347 g/mol. The lowest BCUT2D eigenvalue weighted by molar-refractivity contribution is 0.322. The van der Waals surface area contributed by atoms with Crippen LogP contribution in [0.15, 0.2) is 28.7 Å². The second kappa shape index (κ2) is 5.58. The molecule has 0 saturated heterocycles. The predicted molar refractivity (Wildman–Crippen MR) is 79.9 cm³/mol. The van der Waals surface area contributed by atoms with Gasteiger partial charge in [-0.15, -0.1) is 0 Å². The number of nitrogens with one attached hydrogen (secondary N) is 1. The average molecular weight is 358 g/mol. The second-order valence-electron chi connectivity index (χ2n) is 4.44. The predicted octanol–water partition coefficient (Wildman–Crippen LogP) is 4.18. The SMILES string of the molecule is Fc1cccc2c1CNc1nc(Cl)c(Br)cc1OCC2. The summed E-state index contributed by atoms with van der Waals surface area (Å²) in [5, 5.41) is 3.43. The topological polar surface area (TPSA) is 34.2 Å². The summed E-state index contributed by atoms with van der Waals surface area (Å²) in [4.78, 5) is 4.22. The van der Waals surface area contributed by atoms with E-state index in [9.17, 15) is 4.39 Å². The van der Waals surface area contributed by atoms with Crippen molar-refractivity contribution in [3.05, 3.63) is 50.8 Å². The number of fused-ring (bicyclic) bond motifs is 2. The van der Waals surface area contributed by atoms with E-state index in [4.69, 9.17) is 16.3 Å². The lowest BCUT2D eigenvalue weighted by Crippen LogP contribution is -2.06. The van der Waals surface area contributed by atoms with Crippen molar-refractivity contribution in [1.29, 1.82) is 0 Å². The van der Waals surface area contributed by atoms with E-state index in [1.807, 2.05) is 6.07 Å². The van der Waals surface area contributed by atoms with Gasteiger partial charge in [0.1, 0.15) is 11.0 Å². The van der Waals surface area contributed by atoms with Gasteiger partial charge < -0.3 is 10.1 Å². The molecule has 1 aliphatic rings. The van der Waals surface area contributed by atoms with Crippen LogP contribution >= 0.6 is 27.5 Å². The fourth-order valence-electron chi connectivity index (χ4n) is 2.16. The van der Waals surface area contributed by atoms with Gasteiger partial charge in [0, 0.05) is 24.6 Å². The molecule has 1 aromatic heterocycles. The maximum absolute atomic E-state index is 13.9. The molecule has 3 nitrogen and oxygen atoms in total. The highest BCUT2D eigenvalue weighted by Crippen LogP contribution is 2.32. The number of halogens is 3. The highest BCUT2D eigenvalue weighted by molar-refractivity contribution is 9.10. The fraction of sp³-hybridized carbons (Fsp3) is 0.214. The van der Waals surface area contributed by atoms with Crippen LogP contribution in [-0.4, -0.2) is 11.6 Å². The molecule has 1 aliphatic heterocycles. The minimum Gasteiger partial charge on any atom is -0.489 e. The first kappa shape index (κ1) is 13.6. The Kier molecular flexibility index (Phi) is 3.81. The van der Waals surface area contributed by atoms with E-state index in [1.165, 1.54) is 6.07 Å². The molecule has 0 saturated carbocycles. The normalized spacial score (nSPS) is 13.9. The fourth-order valence-corrected chi connectivity index (χ4v) is 2.60. The summed E-state index contributed by atoms with van der Waals surface area (Å²) in [5.41, 5.74) is 1.58. The Morgan fingerprint density at radius 3 is 3.10 bits per heavy atom. The van der Waals surface area contributed by atoms with Gasteiger partial charge in [-0.1, -0.05) is 23.7 Å². The Bertz CT molecular complexity index is 666. The van der Waals surface area contributed by atoms with Crippen LogP contribution in [-0.2, 0) is 13.0 Å². The van der Waals surface area contributed by atoms with Crippen LogP contribution in [0.2, 0.25) is 5.15 Å². The molecule has 20 heavy (non-hydrogen) atoms. The number of aromatic nitrogens is 1. The minimum absolute atomic E-state index is 0.221. The van der Waals surface area contributed by atoms with E-state index >= 15 is 0 Å². The van der Waals surface area contributed by atoms with Crippen LogP contribution in [0.3, 0.4) is 0 Å². The van der Waals surface area contributed by atoms with Gasteiger partial charge >= 0.3 is 0 Å². The first-order chi connectivity index (χ1) is 9.65. The molecule has 0 amide bonds. The van der Waals surface area contributed by atoms with Gasteiger partial charge in [-0.05, 0) is 27.6 Å². The van der Waals surface area contributed by atoms with Crippen LogP contribution in [0.5, 0.6) is 5.75 Å². The molecule has 2 aromatic rings. The van der Waals surface area contributed by atoms with Gasteiger partial charge in [0.05, 0.1) is 11.1 Å². The second-order valence-corrected chi connectivity index (χ2v) is 5.65. The Balaban J connectivity index is 2.00. The van der Waals surface area contributed by atoms with Crippen molar-refractivity contribution < 1.29 is 9.13 Å². The molecule has 1 aromatic carbocycles. The first-order valence-corrected chi connectivity index (χ1v) is 7.31. The molecule has 6 heteroatoms. The highest BCUT2D eigenvalue weighted by atomic mass is 79.9. The lowest BCUT2D eigenvalue weighted by Gasteiger charge is -2.11. The van der Waals surface area contributed by atoms with Crippen LogP contribution in [0.25, 0.3) is 0 Å². The number of benzene rings is 1. The monoisotopic (exact) mass is 356 g/mol. The van der Waals surface area contributed by atoms with Crippen LogP contribution in [0.1, 0.15) is 11.1 Å². The number of rotatable bonds is 0. The zero-order valence-electron chi connectivity index (χ0n) is 10.4. The van der Waals surface area contributed by atoms with Crippen molar-refractivity contribution in [3.8, 4) is 5.75 Å². The van der Waals surface area contributed by atoms with E-state index in [0.717, 1.165) is 5.56 Å². The first-order valence-electron chi connectivity index (χ1n) is 6.14. The van der Waals surface area contributed by atoms with Gasteiger partial charge in [0.2, 0.25) is 0 Å². The smallest absolute Gasteiger partial charge is 0.170 e. The van der Waals surface area contributed by atoms with Crippen molar-refractivity contribution in [1.82, 2.24) is 4.98 Å². The highest BCUT2D eigenvalue weighted by Gasteiger charge is 2.15. The zero-order chi connectivity index (χ0) is 14.1. The van der Waals surface area contributed by atoms with Crippen LogP contribution < -0.4 is 10.1 Å². The summed E-state index contributed by atoms with van der Waals surface area (Å²) in [6, 6.07) is 6.85. The molecule has 104 valence electrons. The number of nitrogens with zero attached hydrogens (tertiary/aromatic N) is 1. The van der Waals surface area contributed by atoms with Crippen molar-refractivity contribution in [2.45, 2.75) is 13.0 Å². The number of hydrogen-bond acceptors (Lipinski definition) is 3. The maximum atomic E-state index is 13.9. The largest absolute Gasteiger partial charge is 0.489 e. The van der Waals surface area contributed by atoms with E-state index in [1.54, 1.807) is 12.1 Å². The molecule has 0 fully saturated rings. The molecule has 3 rings (SSSR count). The van der Waals surface area contributed by atoms with Crippen LogP contribution in [0.4, 0.5) is 10.2 Å². The van der Waals surface area contributed by atoms with Crippen molar-refractivity contribution in [2.75, 3.05) is 11.9 Å². The number of anilines is 1. The molecule has 0 spiro atoms. The third kappa shape index (κ3) is 2.60. The molecular formula is C14H11BrClFN2O. The standard InChI is InChI=1S/C14H11BrClFN2O/c15-10-6-12-14(19-13(10)16)18-7-9-8(4-5-20-12)2-1-3-11(9)17/h1-3,6H,4-5,7H2,(H,18,19). The van der Waals surface area contributed by atoms with Crippen LogP contribution in [0, 0.1) is 5.82 Å². The summed E-state index contributed by atoms with van der Waals surface area (Å²) in [7, 11) is 0. The Hall–Kier alpha value is -1.33. The van der Waals surface area contributed by atoms with Gasteiger partial charge in [-0.25, -0.2) is 9.37 Å². The van der Waals surface area contributed by atoms with Gasteiger partial charge in [0.25, 0.3) is 0 Å². The Morgan fingerprint density at radius 1 is 1.40 bits per heavy atom. The molecule has 0 atom stereocenters. The van der Waals surface area contributed by atoms with E-state index in [0.29, 0.717) is 46.3 Å². The van der Waals surface area contributed by atoms with Crippen molar-refractivity contribution in [2.24, 2.45) is 0 Å². The number of ether oxygens (including phenoxy) is 1. The Labute approximate surface area is 129 Å². The van der Waals surface area contributed by atoms with E-state index in [-0.39, 0.29) is 5.82 Å². The molecule has 0 unspecified atom stereocenters. The molecule has 1 N–H and O–H groups in total. The third-order valence-corrected chi connectivity index (χ3v) is 4.30. The molecule has 2 heterocycles. The van der Waals surface area contributed by atoms with Crippen molar-refractivity contribution in [3.63, 3.8) is 0 Å². The average Bonchev–Trinajstić information content (AvgIpc) is 2.50. The third-order valence-electron chi connectivity index (χ3n) is 3.18. The summed E-state index contributed by atoms with van der Waals surface area (Å²) in [5.74, 6) is 0.908. The molecule has 0 radical (unpaired) electrons. The van der Waals surface area contributed by atoms with Gasteiger partial charge in [-0.2, -0.15) is 0 Å². The minimum atomic E-state index is -0.221. The quantitative estimate of drug-likeness (QED) is 0.718.